The molecule has 2 aromatic heterocycles. The summed E-state index contributed by atoms with van der Waals surface area (Å²) in [6, 6.07) is 9.12. The number of pyridine rings is 1. The number of benzene rings is 1. The van der Waals surface area contributed by atoms with Gasteiger partial charge in [0, 0.05) is 34.6 Å². The summed E-state index contributed by atoms with van der Waals surface area (Å²) in [5.41, 5.74) is 8.00. The number of nitrogen functional groups attached to an aromatic ring is 1. The second-order valence-corrected chi connectivity index (χ2v) is 8.93. The number of aromatic nitrogens is 3. The maximum absolute atomic E-state index is 11.0. The highest BCUT2D eigenvalue weighted by Crippen LogP contribution is 2.31. The molecule has 33 heavy (non-hydrogen) atoms. The Hall–Kier alpha value is -2.94. The summed E-state index contributed by atoms with van der Waals surface area (Å²) < 4.78 is 5.91. The first-order valence-electron chi connectivity index (χ1n) is 10.5. The number of nitrogens with two attached hydrogens (primary N) is 1. The molecule has 3 heterocycles. The van der Waals surface area contributed by atoms with Gasteiger partial charge in [-0.2, -0.15) is 0 Å². The van der Waals surface area contributed by atoms with Crippen molar-refractivity contribution in [3.63, 3.8) is 0 Å². The molecule has 4 rings (SSSR count). The molecule has 1 aliphatic rings. The average molecular weight is 488 g/mol. The van der Waals surface area contributed by atoms with E-state index in [1.54, 1.807) is 18.2 Å². The summed E-state index contributed by atoms with van der Waals surface area (Å²) >= 11 is 12.4. The van der Waals surface area contributed by atoms with E-state index in [-0.39, 0.29) is 18.3 Å². The van der Waals surface area contributed by atoms with Crippen molar-refractivity contribution in [2.75, 3.05) is 18.8 Å². The molecular formula is C23H23Cl2N5O3. The van der Waals surface area contributed by atoms with Gasteiger partial charge in [0.25, 0.3) is 0 Å². The van der Waals surface area contributed by atoms with Crippen LogP contribution in [0.25, 0.3) is 11.3 Å². The molecule has 0 spiro atoms. The van der Waals surface area contributed by atoms with Gasteiger partial charge >= 0.3 is 5.97 Å². The van der Waals surface area contributed by atoms with Crippen LogP contribution in [0.3, 0.4) is 0 Å². The zero-order chi connectivity index (χ0) is 23.4. The standard InChI is InChI=1S/C23H23Cl2N5O3/c24-17-8-16(9-18(25)10-17)20-5-15(13-30-3-1-14(2-4-30)7-22(31)32)6-21(29-20)33-19-11-27-23(26)28-12-19/h5-6,8-12,14H,1-4,7,13H2,(H,31,32)(H2,26,27,28). The van der Waals surface area contributed by atoms with Crippen molar-refractivity contribution in [1.29, 1.82) is 0 Å². The molecule has 172 valence electrons. The Morgan fingerprint density at radius 2 is 1.76 bits per heavy atom. The number of carbonyl (C=O) groups is 1. The molecule has 3 N–H and O–H groups in total. The van der Waals surface area contributed by atoms with Gasteiger partial charge in [0.1, 0.15) is 0 Å². The number of piperidine rings is 1. The molecule has 0 atom stereocenters. The van der Waals surface area contributed by atoms with Gasteiger partial charge in [0.05, 0.1) is 18.1 Å². The minimum Gasteiger partial charge on any atom is -0.481 e. The van der Waals surface area contributed by atoms with Crippen LogP contribution in [0.4, 0.5) is 5.95 Å². The van der Waals surface area contributed by atoms with E-state index >= 15 is 0 Å². The van der Waals surface area contributed by atoms with Gasteiger partial charge < -0.3 is 15.6 Å². The van der Waals surface area contributed by atoms with Gasteiger partial charge in [-0.3, -0.25) is 9.69 Å². The Bertz CT molecular complexity index is 1120. The van der Waals surface area contributed by atoms with Crippen LogP contribution in [0.2, 0.25) is 10.0 Å². The van der Waals surface area contributed by atoms with Gasteiger partial charge in [0.2, 0.25) is 11.8 Å². The molecular weight excluding hydrogens is 465 g/mol. The number of ether oxygens (including phenoxy) is 1. The number of halogens is 2. The van der Waals surface area contributed by atoms with Crippen molar-refractivity contribution in [3.05, 3.63) is 58.3 Å². The number of hydrogen-bond donors (Lipinski definition) is 2. The van der Waals surface area contributed by atoms with Crippen molar-refractivity contribution in [2.24, 2.45) is 5.92 Å². The highest BCUT2D eigenvalue weighted by Gasteiger charge is 2.22. The number of likely N-dealkylation sites (tertiary alicyclic amines) is 1. The summed E-state index contributed by atoms with van der Waals surface area (Å²) in [7, 11) is 0. The first-order chi connectivity index (χ1) is 15.8. The van der Waals surface area contributed by atoms with Crippen LogP contribution in [-0.2, 0) is 11.3 Å². The van der Waals surface area contributed by atoms with Crippen LogP contribution in [0, 0.1) is 5.92 Å². The largest absolute Gasteiger partial charge is 0.481 e. The van der Waals surface area contributed by atoms with E-state index in [0.717, 1.165) is 37.1 Å². The van der Waals surface area contributed by atoms with E-state index in [0.29, 0.717) is 33.9 Å². The zero-order valence-corrected chi connectivity index (χ0v) is 19.3. The third-order valence-electron chi connectivity index (χ3n) is 5.47. The first-order valence-corrected chi connectivity index (χ1v) is 11.3. The molecule has 1 aliphatic heterocycles. The normalized spacial score (nSPS) is 14.8. The molecule has 8 nitrogen and oxygen atoms in total. The van der Waals surface area contributed by atoms with E-state index in [2.05, 4.69) is 19.9 Å². The minimum atomic E-state index is -0.735. The Kier molecular flexibility index (Phi) is 7.27. The number of aliphatic carboxylic acids is 1. The third-order valence-corrected chi connectivity index (χ3v) is 5.90. The van der Waals surface area contributed by atoms with E-state index in [1.807, 2.05) is 12.1 Å². The molecule has 0 amide bonds. The molecule has 0 saturated carbocycles. The minimum absolute atomic E-state index is 0.157. The van der Waals surface area contributed by atoms with Crippen molar-refractivity contribution in [3.8, 4) is 22.9 Å². The fourth-order valence-electron chi connectivity index (χ4n) is 3.91. The predicted octanol–water partition coefficient (Wildman–Crippen LogP) is 4.91. The van der Waals surface area contributed by atoms with Crippen molar-refractivity contribution >= 4 is 35.1 Å². The Balaban J connectivity index is 1.58. The van der Waals surface area contributed by atoms with Gasteiger partial charge in [-0.1, -0.05) is 23.2 Å². The maximum atomic E-state index is 11.0. The van der Waals surface area contributed by atoms with Gasteiger partial charge in [-0.15, -0.1) is 0 Å². The van der Waals surface area contributed by atoms with Crippen molar-refractivity contribution in [2.45, 2.75) is 25.8 Å². The van der Waals surface area contributed by atoms with E-state index in [9.17, 15) is 4.79 Å². The second-order valence-electron chi connectivity index (χ2n) is 8.05. The fourth-order valence-corrected chi connectivity index (χ4v) is 4.43. The van der Waals surface area contributed by atoms with Crippen LogP contribution in [0.1, 0.15) is 24.8 Å². The van der Waals surface area contributed by atoms with Crippen LogP contribution in [0.15, 0.2) is 42.7 Å². The molecule has 1 saturated heterocycles. The van der Waals surface area contributed by atoms with E-state index in [1.165, 1.54) is 12.4 Å². The molecule has 0 bridgehead atoms. The second kappa shape index (κ2) is 10.3. The molecule has 10 heteroatoms. The lowest BCUT2D eigenvalue weighted by molar-refractivity contribution is -0.138. The lowest BCUT2D eigenvalue weighted by Crippen LogP contribution is -2.33. The highest BCUT2D eigenvalue weighted by molar-refractivity contribution is 6.35. The molecule has 1 fully saturated rings. The molecule has 3 aromatic rings. The van der Waals surface area contributed by atoms with Gasteiger partial charge in [-0.05, 0) is 61.7 Å². The van der Waals surface area contributed by atoms with E-state index < -0.39 is 5.97 Å². The number of anilines is 1. The fraction of sp³-hybridized carbons (Fsp3) is 0.304. The lowest BCUT2D eigenvalue weighted by Gasteiger charge is -2.31. The SMILES string of the molecule is Nc1ncc(Oc2cc(CN3CCC(CC(=O)O)CC3)cc(-c3cc(Cl)cc(Cl)c3)n2)cn1. The molecule has 0 radical (unpaired) electrons. The highest BCUT2D eigenvalue weighted by atomic mass is 35.5. The van der Waals surface area contributed by atoms with Gasteiger partial charge in [-0.25, -0.2) is 15.0 Å². The predicted molar refractivity (Wildman–Crippen MR) is 126 cm³/mol. The zero-order valence-electron chi connectivity index (χ0n) is 17.7. The van der Waals surface area contributed by atoms with Crippen LogP contribution >= 0.6 is 23.2 Å². The lowest BCUT2D eigenvalue weighted by atomic mass is 9.93. The molecule has 0 unspecified atom stereocenters. The van der Waals surface area contributed by atoms with Crippen LogP contribution < -0.4 is 10.5 Å². The van der Waals surface area contributed by atoms with E-state index in [4.69, 9.17) is 38.8 Å². The monoisotopic (exact) mass is 487 g/mol. The maximum Gasteiger partial charge on any atom is 0.303 e. The number of rotatable bonds is 7. The van der Waals surface area contributed by atoms with Gasteiger partial charge in [0.15, 0.2) is 5.75 Å². The summed E-state index contributed by atoms with van der Waals surface area (Å²) in [5.74, 6) is 0.446. The van der Waals surface area contributed by atoms with Crippen molar-refractivity contribution in [1.82, 2.24) is 19.9 Å². The quantitative estimate of drug-likeness (QED) is 0.483. The number of nitrogens with zero attached hydrogens (tertiary/aromatic N) is 4. The number of carboxylic acids is 1. The summed E-state index contributed by atoms with van der Waals surface area (Å²) in [6.07, 6.45) is 4.92. The number of carboxylic acid groups (broad SMARTS) is 1. The van der Waals surface area contributed by atoms with Crippen LogP contribution in [-0.4, -0.2) is 44.0 Å². The smallest absolute Gasteiger partial charge is 0.303 e. The average Bonchev–Trinajstić information content (AvgIpc) is 2.76. The van der Waals surface area contributed by atoms with Crippen LogP contribution in [0.5, 0.6) is 11.6 Å². The van der Waals surface area contributed by atoms with Crippen molar-refractivity contribution < 1.29 is 14.6 Å². The molecule has 1 aromatic carbocycles. The topological polar surface area (TPSA) is 114 Å². The summed E-state index contributed by atoms with van der Waals surface area (Å²) in [5, 5.41) is 10.1. The Morgan fingerprint density at radius 3 is 2.39 bits per heavy atom. The summed E-state index contributed by atoms with van der Waals surface area (Å²) in [4.78, 5) is 25.8. The number of hydrogen-bond acceptors (Lipinski definition) is 7. The third kappa shape index (κ3) is 6.54. The summed E-state index contributed by atoms with van der Waals surface area (Å²) in [6.45, 7) is 2.35. The Labute approximate surface area is 201 Å². The Morgan fingerprint density at radius 1 is 1.09 bits per heavy atom. The first kappa shape index (κ1) is 23.2. The molecule has 0 aliphatic carbocycles.